The van der Waals surface area contributed by atoms with Crippen LogP contribution in [-0.2, 0) is 0 Å². The van der Waals surface area contributed by atoms with Crippen molar-refractivity contribution in [2.45, 2.75) is 58.9 Å². The smallest absolute Gasteiger partial charge is 0.337 e. The maximum Gasteiger partial charge on any atom is 0.337 e. The monoisotopic (exact) mass is 288 g/mol. The molecule has 114 valence electrons. The van der Waals surface area contributed by atoms with E-state index in [0.717, 1.165) is 49.0 Å². The Morgan fingerprint density at radius 3 is 2.67 bits per heavy atom. The number of carboxylic acid groups (broad SMARTS) is 1. The van der Waals surface area contributed by atoms with E-state index >= 15 is 0 Å². The van der Waals surface area contributed by atoms with Crippen LogP contribution in [0.3, 0.4) is 0 Å². The number of hydrogen-bond donors (Lipinski definition) is 1. The first-order valence-corrected chi connectivity index (χ1v) is 7.81. The van der Waals surface area contributed by atoms with Gasteiger partial charge in [0.15, 0.2) is 0 Å². The first-order chi connectivity index (χ1) is 10.1. The van der Waals surface area contributed by atoms with Crippen LogP contribution in [0.4, 0.5) is 0 Å². The summed E-state index contributed by atoms with van der Waals surface area (Å²) in [6.07, 6.45) is 5.52. The molecule has 21 heavy (non-hydrogen) atoms. The van der Waals surface area contributed by atoms with Crippen LogP contribution >= 0.6 is 0 Å². The van der Waals surface area contributed by atoms with E-state index in [4.69, 9.17) is 0 Å². The standard InChI is InChI=1S/C17H24N2O2/c1-4-6-9-13(8-5-2)19-12(3)18-15-11-7-10-14(16(15)19)17(20)21/h7,10-11,13H,4-6,8-9H2,1-3H3,(H,20,21). The molecular formula is C17H24N2O2. The van der Waals surface area contributed by atoms with Crippen LogP contribution in [-0.4, -0.2) is 20.6 Å². The second-order valence-electron chi connectivity index (χ2n) is 5.59. The molecule has 1 N–H and O–H groups in total. The SMILES string of the molecule is CCCCC(CCC)n1c(C)nc2cccc(C(=O)O)c21. The Morgan fingerprint density at radius 2 is 2.05 bits per heavy atom. The largest absolute Gasteiger partial charge is 0.478 e. The zero-order valence-corrected chi connectivity index (χ0v) is 13.1. The zero-order chi connectivity index (χ0) is 15.4. The van der Waals surface area contributed by atoms with Crippen LogP contribution < -0.4 is 0 Å². The van der Waals surface area contributed by atoms with Gasteiger partial charge in [-0.2, -0.15) is 0 Å². The van der Waals surface area contributed by atoms with Crippen molar-refractivity contribution in [3.8, 4) is 0 Å². The summed E-state index contributed by atoms with van der Waals surface area (Å²) < 4.78 is 2.15. The van der Waals surface area contributed by atoms with Gasteiger partial charge in [-0.05, 0) is 31.9 Å². The summed E-state index contributed by atoms with van der Waals surface area (Å²) in [7, 11) is 0. The molecule has 2 rings (SSSR count). The molecule has 0 aliphatic carbocycles. The van der Waals surface area contributed by atoms with Crippen molar-refractivity contribution in [3.63, 3.8) is 0 Å². The lowest BCUT2D eigenvalue weighted by Gasteiger charge is -2.21. The molecule has 0 saturated carbocycles. The van der Waals surface area contributed by atoms with Gasteiger partial charge in [-0.3, -0.25) is 0 Å². The highest BCUT2D eigenvalue weighted by molar-refractivity contribution is 6.01. The molecule has 0 spiro atoms. The summed E-state index contributed by atoms with van der Waals surface area (Å²) in [5, 5.41) is 9.46. The van der Waals surface area contributed by atoms with Gasteiger partial charge < -0.3 is 9.67 Å². The van der Waals surface area contributed by atoms with Gasteiger partial charge in [0.2, 0.25) is 0 Å². The molecule has 0 amide bonds. The molecule has 0 fully saturated rings. The third-order valence-electron chi connectivity index (χ3n) is 3.99. The van der Waals surface area contributed by atoms with Crippen LogP contribution in [0.5, 0.6) is 0 Å². The van der Waals surface area contributed by atoms with Crippen LogP contribution in [0.25, 0.3) is 11.0 Å². The fourth-order valence-corrected chi connectivity index (χ4v) is 3.06. The minimum atomic E-state index is -0.882. The van der Waals surface area contributed by atoms with Crippen molar-refractivity contribution in [3.05, 3.63) is 29.6 Å². The third-order valence-corrected chi connectivity index (χ3v) is 3.99. The molecule has 4 nitrogen and oxygen atoms in total. The Kier molecular flexibility index (Phi) is 4.99. The fourth-order valence-electron chi connectivity index (χ4n) is 3.06. The van der Waals surface area contributed by atoms with Crippen molar-refractivity contribution in [1.29, 1.82) is 0 Å². The van der Waals surface area contributed by atoms with E-state index in [1.807, 2.05) is 13.0 Å². The highest BCUT2D eigenvalue weighted by Gasteiger charge is 2.20. The summed E-state index contributed by atoms with van der Waals surface area (Å²) >= 11 is 0. The Hall–Kier alpha value is -1.84. The maximum atomic E-state index is 11.5. The molecule has 0 bridgehead atoms. The third kappa shape index (κ3) is 3.09. The second kappa shape index (κ2) is 6.74. The van der Waals surface area contributed by atoms with Crippen molar-refractivity contribution < 1.29 is 9.90 Å². The average molecular weight is 288 g/mol. The summed E-state index contributed by atoms with van der Waals surface area (Å²) in [4.78, 5) is 16.1. The van der Waals surface area contributed by atoms with Gasteiger partial charge in [0.1, 0.15) is 5.82 Å². The number of fused-ring (bicyclic) bond motifs is 1. The van der Waals surface area contributed by atoms with E-state index in [0.29, 0.717) is 11.6 Å². The predicted octanol–water partition coefficient (Wildman–Crippen LogP) is 4.57. The van der Waals surface area contributed by atoms with Crippen molar-refractivity contribution >= 4 is 17.0 Å². The van der Waals surface area contributed by atoms with Gasteiger partial charge in [0.25, 0.3) is 0 Å². The van der Waals surface area contributed by atoms with Crippen LogP contribution in [0.15, 0.2) is 18.2 Å². The quantitative estimate of drug-likeness (QED) is 0.811. The van der Waals surface area contributed by atoms with Gasteiger partial charge in [0, 0.05) is 6.04 Å². The van der Waals surface area contributed by atoms with E-state index in [-0.39, 0.29) is 0 Å². The molecule has 1 unspecified atom stereocenters. The van der Waals surface area contributed by atoms with Crippen molar-refractivity contribution in [2.24, 2.45) is 0 Å². The Bertz CT molecular complexity index is 631. The number of para-hydroxylation sites is 1. The minimum Gasteiger partial charge on any atom is -0.478 e. The van der Waals surface area contributed by atoms with E-state index in [1.54, 1.807) is 12.1 Å². The molecule has 1 heterocycles. The maximum absolute atomic E-state index is 11.5. The van der Waals surface area contributed by atoms with Gasteiger partial charge in [0.05, 0.1) is 16.6 Å². The number of aromatic carboxylic acids is 1. The lowest BCUT2D eigenvalue weighted by molar-refractivity contribution is 0.0698. The van der Waals surface area contributed by atoms with E-state index in [2.05, 4.69) is 23.4 Å². The number of benzene rings is 1. The number of rotatable bonds is 7. The summed E-state index contributed by atoms with van der Waals surface area (Å²) in [6.45, 7) is 6.33. The normalized spacial score (nSPS) is 12.7. The molecular weight excluding hydrogens is 264 g/mol. The van der Waals surface area contributed by atoms with Crippen molar-refractivity contribution in [2.75, 3.05) is 0 Å². The lowest BCUT2D eigenvalue weighted by atomic mass is 10.0. The van der Waals surface area contributed by atoms with Gasteiger partial charge in [-0.15, -0.1) is 0 Å². The fraction of sp³-hybridized carbons (Fsp3) is 0.529. The van der Waals surface area contributed by atoms with Crippen LogP contribution in [0.2, 0.25) is 0 Å². The lowest BCUT2D eigenvalue weighted by Crippen LogP contribution is -2.13. The molecule has 0 aliphatic heterocycles. The number of aromatic nitrogens is 2. The molecule has 0 aliphatic rings. The predicted molar refractivity (Wildman–Crippen MR) is 84.9 cm³/mol. The minimum absolute atomic E-state index is 0.334. The van der Waals surface area contributed by atoms with Gasteiger partial charge >= 0.3 is 5.97 Å². The molecule has 0 radical (unpaired) electrons. The zero-order valence-electron chi connectivity index (χ0n) is 13.1. The first-order valence-electron chi connectivity index (χ1n) is 7.81. The summed E-state index contributed by atoms with van der Waals surface area (Å²) in [6, 6.07) is 5.67. The number of nitrogens with zero attached hydrogens (tertiary/aromatic N) is 2. The van der Waals surface area contributed by atoms with Gasteiger partial charge in [-0.25, -0.2) is 9.78 Å². The van der Waals surface area contributed by atoms with E-state index < -0.39 is 5.97 Å². The highest BCUT2D eigenvalue weighted by atomic mass is 16.4. The number of hydrogen-bond acceptors (Lipinski definition) is 2. The topological polar surface area (TPSA) is 55.1 Å². The molecule has 4 heteroatoms. The molecule has 1 aromatic heterocycles. The van der Waals surface area contributed by atoms with E-state index in [9.17, 15) is 9.90 Å². The van der Waals surface area contributed by atoms with E-state index in [1.165, 1.54) is 0 Å². The molecule has 2 aromatic rings. The van der Waals surface area contributed by atoms with Crippen LogP contribution in [0, 0.1) is 6.92 Å². The van der Waals surface area contributed by atoms with Crippen LogP contribution in [0.1, 0.15) is 68.2 Å². The van der Waals surface area contributed by atoms with Gasteiger partial charge in [-0.1, -0.05) is 39.2 Å². The second-order valence-corrected chi connectivity index (χ2v) is 5.59. The number of unbranched alkanes of at least 4 members (excludes halogenated alkanes) is 1. The summed E-state index contributed by atoms with van der Waals surface area (Å²) in [5.41, 5.74) is 1.91. The number of carbonyl (C=O) groups is 1. The molecule has 1 aromatic carbocycles. The number of carboxylic acids is 1. The summed E-state index contributed by atoms with van der Waals surface area (Å²) in [5.74, 6) is 0.0285. The number of aryl methyl sites for hydroxylation is 1. The first kappa shape index (κ1) is 15.5. The average Bonchev–Trinajstić information content (AvgIpc) is 2.79. The molecule has 1 atom stereocenters. The molecule has 0 saturated heterocycles. The Morgan fingerprint density at radius 1 is 1.29 bits per heavy atom. The Balaban J connectivity index is 2.59. The Labute approximate surface area is 125 Å². The highest BCUT2D eigenvalue weighted by Crippen LogP contribution is 2.29. The number of imidazole rings is 1. The van der Waals surface area contributed by atoms with Crippen molar-refractivity contribution in [1.82, 2.24) is 9.55 Å².